The van der Waals surface area contributed by atoms with Crippen LogP contribution in [-0.4, -0.2) is 19.9 Å². The number of benzene rings is 7. The largest absolute Gasteiger partial charge is 0.253 e. The topological polar surface area (TPSA) is 51.6 Å². The number of pyridine rings is 1. The minimum absolute atomic E-state index is 0.585. The van der Waals surface area contributed by atoms with E-state index in [1.54, 1.807) is 0 Å². The van der Waals surface area contributed by atoms with Crippen LogP contribution in [0.5, 0.6) is 0 Å². The van der Waals surface area contributed by atoms with Crippen LogP contribution in [0.15, 0.2) is 194 Å². The lowest BCUT2D eigenvalue weighted by Gasteiger charge is -2.34. The van der Waals surface area contributed by atoms with E-state index in [2.05, 4.69) is 147 Å². The van der Waals surface area contributed by atoms with Crippen molar-refractivity contribution in [3.63, 3.8) is 0 Å². The number of nitrogens with zero attached hydrogens (tertiary/aromatic N) is 4. The van der Waals surface area contributed by atoms with Crippen LogP contribution in [-0.2, 0) is 5.41 Å². The molecule has 0 unspecified atom stereocenters. The Morgan fingerprint density at radius 2 is 0.807 bits per heavy atom. The van der Waals surface area contributed by atoms with Crippen molar-refractivity contribution in [2.75, 3.05) is 0 Å². The van der Waals surface area contributed by atoms with Crippen LogP contribution < -0.4 is 0 Å². The molecule has 9 aromatic rings. The van der Waals surface area contributed by atoms with Crippen molar-refractivity contribution in [3.05, 3.63) is 228 Å². The van der Waals surface area contributed by atoms with Gasteiger partial charge in [0.15, 0.2) is 17.5 Å². The normalized spacial score (nSPS) is 12.5. The summed E-state index contributed by atoms with van der Waals surface area (Å²) in [6.45, 7) is 4.20. The van der Waals surface area contributed by atoms with Crippen LogP contribution in [0.3, 0.4) is 0 Å². The molecule has 0 radical (unpaired) electrons. The van der Waals surface area contributed by atoms with E-state index in [0.717, 1.165) is 44.8 Å². The first-order chi connectivity index (χ1) is 28.1. The number of aromatic nitrogens is 4. The van der Waals surface area contributed by atoms with Gasteiger partial charge in [-0.2, -0.15) is 0 Å². The van der Waals surface area contributed by atoms with Crippen LogP contribution in [0.1, 0.15) is 33.5 Å². The van der Waals surface area contributed by atoms with Crippen molar-refractivity contribution >= 4 is 0 Å². The van der Waals surface area contributed by atoms with Gasteiger partial charge in [-0.25, -0.2) is 15.0 Å². The Morgan fingerprint density at radius 3 is 1.37 bits per heavy atom. The monoisotopic (exact) mass is 730 g/mol. The first-order valence-electron chi connectivity index (χ1n) is 19.4. The van der Waals surface area contributed by atoms with Crippen LogP contribution >= 0.6 is 0 Å². The zero-order valence-electron chi connectivity index (χ0n) is 31.8. The molecule has 1 aliphatic rings. The molecule has 10 rings (SSSR count). The molecule has 0 amide bonds. The van der Waals surface area contributed by atoms with Crippen LogP contribution in [0.25, 0.3) is 67.7 Å². The Labute approximate surface area is 333 Å². The van der Waals surface area contributed by atoms with E-state index in [1.165, 1.54) is 38.9 Å². The third-order valence-corrected chi connectivity index (χ3v) is 11.1. The summed E-state index contributed by atoms with van der Waals surface area (Å²) >= 11 is 0. The highest BCUT2D eigenvalue weighted by molar-refractivity contribution is 5.88. The lowest BCUT2D eigenvalue weighted by atomic mass is 9.67. The second kappa shape index (κ2) is 14.1. The Kier molecular flexibility index (Phi) is 8.45. The molecule has 0 saturated heterocycles. The van der Waals surface area contributed by atoms with Crippen molar-refractivity contribution in [1.29, 1.82) is 0 Å². The molecule has 0 spiro atoms. The third kappa shape index (κ3) is 5.94. The first-order valence-corrected chi connectivity index (χ1v) is 19.4. The van der Waals surface area contributed by atoms with E-state index in [1.807, 2.05) is 60.7 Å². The minimum Gasteiger partial charge on any atom is -0.253 e. The fourth-order valence-electron chi connectivity index (χ4n) is 8.69. The van der Waals surface area contributed by atoms with Gasteiger partial charge in [0, 0.05) is 27.9 Å². The molecule has 0 N–H and O–H groups in total. The highest BCUT2D eigenvalue weighted by atomic mass is 15.0. The molecular weight excluding hydrogens is 693 g/mol. The third-order valence-electron chi connectivity index (χ3n) is 11.1. The Balaban J connectivity index is 1.16. The van der Waals surface area contributed by atoms with Gasteiger partial charge < -0.3 is 0 Å². The van der Waals surface area contributed by atoms with Crippen LogP contribution in [0, 0.1) is 13.8 Å². The van der Waals surface area contributed by atoms with Gasteiger partial charge in [0.2, 0.25) is 0 Å². The molecule has 1 aliphatic carbocycles. The van der Waals surface area contributed by atoms with Gasteiger partial charge in [0.1, 0.15) is 0 Å². The maximum absolute atomic E-state index is 5.04. The Morgan fingerprint density at radius 1 is 0.333 bits per heavy atom. The number of fused-ring (bicyclic) bond motifs is 3. The molecular formula is C53H38N4. The zero-order valence-corrected chi connectivity index (χ0v) is 31.8. The van der Waals surface area contributed by atoms with Gasteiger partial charge in [0.05, 0.1) is 11.1 Å². The molecule has 270 valence electrons. The average Bonchev–Trinajstić information content (AvgIpc) is 3.58. The standard InChI is InChI=1S/C53H38N4/c1-35-32-36(2)54-49(33-35)46-25-10-9-22-43(46)40-20-15-21-42(34-40)53(47-26-13-11-23-44(47)45-24-12-14-27-48(45)53)41-30-28-39(29-31-41)52-56-50(37-16-5-3-6-17-37)55-51(57-52)38-18-7-4-8-19-38/h3-34H,1-2H3. The summed E-state index contributed by atoms with van der Waals surface area (Å²) in [6.07, 6.45) is 0. The van der Waals surface area contributed by atoms with E-state index >= 15 is 0 Å². The van der Waals surface area contributed by atoms with E-state index in [0.29, 0.717) is 17.5 Å². The van der Waals surface area contributed by atoms with Crippen molar-refractivity contribution in [1.82, 2.24) is 19.9 Å². The quantitative estimate of drug-likeness (QED) is 0.164. The molecule has 2 heterocycles. The van der Waals surface area contributed by atoms with Crippen molar-refractivity contribution in [2.24, 2.45) is 0 Å². The Hall–Kier alpha value is -7.30. The highest BCUT2D eigenvalue weighted by Crippen LogP contribution is 2.56. The smallest absolute Gasteiger partial charge is 0.164 e. The van der Waals surface area contributed by atoms with Gasteiger partial charge in [-0.1, -0.05) is 176 Å². The SMILES string of the molecule is Cc1cc(C)nc(-c2ccccc2-c2cccc(C3(c4ccc(-c5nc(-c6ccccc6)nc(-c6ccccc6)n5)cc4)c4ccccc4-c4ccccc43)c2)c1. The van der Waals surface area contributed by atoms with E-state index < -0.39 is 5.41 Å². The summed E-state index contributed by atoms with van der Waals surface area (Å²) in [5, 5.41) is 0. The van der Waals surface area contributed by atoms with E-state index in [-0.39, 0.29) is 0 Å². The van der Waals surface area contributed by atoms with E-state index in [4.69, 9.17) is 19.9 Å². The molecule has 57 heavy (non-hydrogen) atoms. The lowest BCUT2D eigenvalue weighted by molar-refractivity contribution is 0.769. The van der Waals surface area contributed by atoms with E-state index in [9.17, 15) is 0 Å². The molecule has 4 heteroatoms. The second-order valence-electron chi connectivity index (χ2n) is 14.8. The van der Waals surface area contributed by atoms with Crippen molar-refractivity contribution < 1.29 is 0 Å². The average molecular weight is 731 g/mol. The van der Waals surface area contributed by atoms with Crippen molar-refractivity contribution in [2.45, 2.75) is 19.3 Å². The summed E-state index contributed by atoms with van der Waals surface area (Å²) in [7, 11) is 0. The molecule has 4 nitrogen and oxygen atoms in total. The molecule has 0 bridgehead atoms. The van der Waals surface area contributed by atoms with Gasteiger partial charge in [-0.05, 0) is 82.1 Å². The Bertz CT molecular complexity index is 2790. The highest BCUT2D eigenvalue weighted by Gasteiger charge is 2.46. The first kappa shape index (κ1) is 34.2. The number of hydrogen-bond acceptors (Lipinski definition) is 4. The number of rotatable bonds is 7. The summed E-state index contributed by atoms with van der Waals surface area (Å²) in [4.78, 5) is 20.0. The maximum atomic E-state index is 5.04. The second-order valence-corrected chi connectivity index (χ2v) is 14.8. The summed E-state index contributed by atoms with van der Waals surface area (Å²) in [5.74, 6) is 1.92. The van der Waals surface area contributed by atoms with Crippen LogP contribution in [0.2, 0.25) is 0 Å². The number of hydrogen-bond donors (Lipinski definition) is 0. The predicted molar refractivity (Wildman–Crippen MR) is 232 cm³/mol. The molecule has 7 aromatic carbocycles. The molecule has 0 saturated carbocycles. The summed E-state index contributed by atoms with van der Waals surface area (Å²) in [5.41, 5.74) is 16.3. The molecule has 0 atom stereocenters. The molecule has 2 aromatic heterocycles. The fourth-order valence-corrected chi connectivity index (χ4v) is 8.69. The summed E-state index contributed by atoms with van der Waals surface area (Å²) in [6, 6.07) is 68.9. The molecule has 0 aliphatic heterocycles. The van der Waals surface area contributed by atoms with Gasteiger partial charge in [-0.3, -0.25) is 4.98 Å². The van der Waals surface area contributed by atoms with Crippen LogP contribution in [0.4, 0.5) is 0 Å². The van der Waals surface area contributed by atoms with Gasteiger partial charge in [-0.15, -0.1) is 0 Å². The summed E-state index contributed by atoms with van der Waals surface area (Å²) < 4.78 is 0. The van der Waals surface area contributed by atoms with Gasteiger partial charge >= 0.3 is 0 Å². The fraction of sp³-hybridized carbons (Fsp3) is 0.0566. The predicted octanol–water partition coefficient (Wildman–Crippen LogP) is 12.6. The van der Waals surface area contributed by atoms with Crippen molar-refractivity contribution in [3.8, 4) is 67.7 Å². The number of aryl methyl sites for hydroxylation is 2. The molecule has 0 fully saturated rings. The van der Waals surface area contributed by atoms with Gasteiger partial charge in [0.25, 0.3) is 0 Å². The maximum Gasteiger partial charge on any atom is 0.164 e. The minimum atomic E-state index is -0.585. The lowest BCUT2D eigenvalue weighted by Crippen LogP contribution is -2.28. The zero-order chi connectivity index (χ0) is 38.3.